The molecule has 1 amide bonds. The van der Waals surface area contributed by atoms with Gasteiger partial charge in [0, 0.05) is 22.6 Å². The zero-order chi connectivity index (χ0) is 24.6. The van der Waals surface area contributed by atoms with E-state index in [4.69, 9.17) is 21.1 Å². The smallest absolute Gasteiger partial charge is 0.410 e. The Hall–Kier alpha value is -2.92. The molecule has 1 aliphatic rings. The number of aromatic nitrogens is 2. The third kappa shape index (κ3) is 4.67. The first kappa shape index (κ1) is 24.2. The van der Waals surface area contributed by atoms with E-state index in [1.54, 1.807) is 36.4 Å². The number of methoxy groups -OCH3 is 2. The van der Waals surface area contributed by atoms with Crippen LogP contribution in [0.2, 0.25) is 5.02 Å². The Bertz CT molecular complexity index is 1220. The fourth-order valence-corrected chi connectivity index (χ4v) is 4.28. The molecule has 0 unspecified atom stereocenters. The number of nitrogens with zero attached hydrogens (tertiary/aromatic N) is 2. The maximum Gasteiger partial charge on any atom is 0.410 e. The van der Waals surface area contributed by atoms with E-state index in [9.17, 15) is 18.0 Å². The zero-order valence-corrected chi connectivity index (χ0v) is 20.3. The maximum absolute atomic E-state index is 14.0. The average molecular weight is 560 g/mol. The summed E-state index contributed by atoms with van der Waals surface area (Å²) in [6.07, 6.45) is -4.91. The molecular formula is C22H19BrClF3N4O3. The molecule has 1 aromatic heterocycles. The molecule has 2 aromatic carbocycles. The quantitative estimate of drug-likeness (QED) is 0.388. The van der Waals surface area contributed by atoms with Crippen molar-refractivity contribution in [2.24, 2.45) is 0 Å². The molecule has 4 rings (SSSR count). The topological polar surface area (TPSA) is 77.4 Å². The minimum Gasteiger partial charge on any atom is -0.493 e. The van der Waals surface area contributed by atoms with Gasteiger partial charge < -0.3 is 20.1 Å². The Balaban J connectivity index is 1.67. The van der Waals surface area contributed by atoms with E-state index in [0.29, 0.717) is 22.7 Å². The van der Waals surface area contributed by atoms with Crippen molar-refractivity contribution >= 4 is 44.9 Å². The number of carbonyl (C=O) groups is 1. The number of fused-ring (bicyclic) bond motifs is 1. The van der Waals surface area contributed by atoms with Crippen molar-refractivity contribution in [3.8, 4) is 11.5 Å². The van der Waals surface area contributed by atoms with Crippen LogP contribution in [0, 0.1) is 0 Å². The summed E-state index contributed by atoms with van der Waals surface area (Å²) in [6.45, 7) is 0. The van der Waals surface area contributed by atoms with Crippen molar-refractivity contribution in [1.29, 1.82) is 0 Å². The summed E-state index contributed by atoms with van der Waals surface area (Å²) in [5, 5.41) is 9.34. The third-order valence-electron chi connectivity index (χ3n) is 5.42. The normalized spacial score (nSPS) is 17.5. The Labute approximate surface area is 206 Å². The lowest BCUT2D eigenvalue weighted by molar-refractivity contribution is -0.173. The zero-order valence-electron chi connectivity index (χ0n) is 17.9. The molecule has 3 aromatic rings. The minimum absolute atomic E-state index is 0.0689. The standard InChI is InChI=1S/C22H19BrClF3N4O3/c1-33-15-8-7-13(9-16(15)34-2)28-21(32)19-18(24)20-29-14(11-3-5-12(23)6-4-11)10-17(22(25,26)27)31(20)30-19/h3-9,14,17,29H,10H2,1-2H3,(H,28,32)/t14-,17+/m0/s1. The number of rotatable bonds is 5. The van der Waals surface area contributed by atoms with Gasteiger partial charge in [0.2, 0.25) is 0 Å². The molecule has 0 spiro atoms. The van der Waals surface area contributed by atoms with Gasteiger partial charge in [-0.25, -0.2) is 4.68 Å². The van der Waals surface area contributed by atoms with E-state index in [-0.39, 0.29) is 23.0 Å². The van der Waals surface area contributed by atoms with Crippen molar-refractivity contribution in [1.82, 2.24) is 9.78 Å². The van der Waals surface area contributed by atoms with E-state index in [1.165, 1.54) is 20.3 Å². The first-order chi connectivity index (χ1) is 16.1. The summed E-state index contributed by atoms with van der Waals surface area (Å²) < 4.78 is 53.8. The van der Waals surface area contributed by atoms with Crippen LogP contribution in [0.3, 0.4) is 0 Å². The lowest BCUT2D eigenvalue weighted by Crippen LogP contribution is -2.35. The highest BCUT2D eigenvalue weighted by atomic mass is 79.9. The number of hydrogen-bond acceptors (Lipinski definition) is 5. The van der Waals surface area contributed by atoms with Crippen LogP contribution < -0.4 is 20.1 Å². The second-order valence-corrected chi connectivity index (χ2v) is 8.81. The van der Waals surface area contributed by atoms with Crippen LogP contribution in [0.15, 0.2) is 46.9 Å². The predicted octanol–water partition coefficient (Wildman–Crippen LogP) is 6.23. The van der Waals surface area contributed by atoms with Gasteiger partial charge in [0.25, 0.3) is 5.91 Å². The number of ether oxygens (including phenoxy) is 2. The fraction of sp³-hybridized carbons (Fsp3) is 0.273. The molecule has 34 heavy (non-hydrogen) atoms. The van der Waals surface area contributed by atoms with Gasteiger partial charge in [0.05, 0.1) is 20.3 Å². The molecule has 0 fully saturated rings. The molecule has 0 saturated carbocycles. The fourth-order valence-electron chi connectivity index (χ4n) is 3.75. The highest BCUT2D eigenvalue weighted by Crippen LogP contribution is 2.46. The monoisotopic (exact) mass is 558 g/mol. The predicted molar refractivity (Wildman–Crippen MR) is 125 cm³/mol. The SMILES string of the molecule is COc1ccc(NC(=O)c2nn3c(c2Cl)N[C@H](c2ccc(Br)cc2)C[C@@H]3C(F)(F)F)cc1OC. The van der Waals surface area contributed by atoms with Crippen LogP contribution in [0.1, 0.15) is 34.6 Å². The van der Waals surface area contributed by atoms with Crippen LogP contribution >= 0.6 is 27.5 Å². The molecule has 0 bridgehead atoms. The second-order valence-electron chi connectivity index (χ2n) is 7.52. The van der Waals surface area contributed by atoms with Gasteiger partial charge in [-0.15, -0.1) is 0 Å². The summed E-state index contributed by atoms with van der Waals surface area (Å²) in [6, 6.07) is 8.95. The largest absolute Gasteiger partial charge is 0.493 e. The third-order valence-corrected chi connectivity index (χ3v) is 6.31. The Kier molecular flexibility index (Phi) is 6.68. The number of anilines is 2. The lowest BCUT2D eigenvalue weighted by atomic mass is 9.97. The van der Waals surface area contributed by atoms with Crippen LogP contribution in [0.4, 0.5) is 24.7 Å². The summed E-state index contributed by atoms with van der Waals surface area (Å²) in [5.41, 5.74) is 0.653. The van der Waals surface area contributed by atoms with E-state index in [1.807, 2.05) is 0 Å². The van der Waals surface area contributed by atoms with Crippen molar-refractivity contribution in [3.05, 3.63) is 63.2 Å². The van der Waals surface area contributed by atoms with Gasteiger partial charge in [-0.05, 0) is 29.8 Å². The highest BCUT2D eigenvalue weighted by molar-refractivity contribution is 9.10. The first-order valence-electron chi connectivity index (χ1n) is 10.0. The van der Waals surface area contributed by atoms with Crippen LogP contribution in [0.25, 0.3) is 0 Å². The molecule has 0 radical (unpaired) electrons. The molecule has 0 saturated heterocycles. The highest BCUT2D eigenvalue weighted by Gasteiger charge is 2.47. The average Bonchev–Trinajstić information content (AvgIpc) is 3.14. The summed E-state index contributed by atoms with van der Waals surface area (Å²) in [4.78, 5) is 12.9. The molecule has 1 aliphatic heterocycles. The number of nitrogens with one attached hydrogen (secondary N) is 2. The molecule has 0 aliphatic carbocycles. The molecule has 180 valence electrons. The second kappa shape index (κ2) is 9.38. The molecule has 2 heterocycles. The Morgan fingerprint density at radius 2 is 1.85 bits per heavy atom. The van der Waals surface area contributed by atoms with E-state index >= 15 is 0 Å². The van der Waals surface area contributed by atoms with Crippen LogP contribution in [0.5, 0.6) is 11.5 Å². The lowest BCUT2D eigenvalue weighted by Gasteiger charge is -2.33. The summed E-state index contributed by atoms with van der Waals surface area (Å²) >= 11 is 9.70. The first-order valence-corrected chi connectivity index (χ1v) is 11.2. The molecule has 2 N–H and O–H groups in total. The van der Waals surface area contributed by atoms with Crippen LogP contribution in [-0.4, -0.2) is 36.1 Å². The van der Waals surface area contributed by atoms with Gasteiger partial charge >= 0.3 is 6.18 Å². The van der Waals surface area contributed by atoms with Gasteiger partial charge in [0.15, 0.2) is 23.2 Å². The van der Waals surface area contributed by atoms with Crippen molar-refractivity contribution in [2.45, 2.75) is 24.7 Å². The Morgan fingerprint density at radius 3 is 2.47 bits per heavy atom. The Morgan fingerprint density at radius 1 is 1.18 bits per heavy atom. The van der Waals surface area contributed by atoms with Gasteiger partial charge in [-0.3, -0.25) is 4.79 Å². The number of halogens is 5. The van der Waals surface area contributed by atoms with Gasteiger partial charge in [0.1, 0.15) is 10.8 Å². The number of amides is 1. The molecule has 7 nitrogen and oxygen atoms in total. The number of benzene rings is 2. The number of hydrogen-bond donors (Lipinski definition) is 2. The molecular weight excluding hydrogens is 541 g/mol. The summed E-state index contributed by atoms with van der Waals surface area (Å²) in [5.74, 6) is -0.0125. The van der Waals surface area contributed by atoms with E-state index < -0.39 is 24.2 Å². The number of carbonyl (C=O) groups excluding carboxylic acids is 1. The van der Waals surface area contributed by atoms with Crippen molar-refractivity contribution in [3.63, 3.8) is 0 Å². The van der Waals surface area contributed by atoms with E-state index in [0.717, 1.165) is 9.15 Å². The minimum atomic E-state index is -4.60. The van der Waals surface area contributed by atoms with Crippen molar-refractivity contribution in [2.75, 3.05) is 24.9 Å². The van der Waals surface area contributed by atoms with E-state index in [2.05, 4.69) is 31.7 Å². The summed E-state index contributed by atoms with van der Waals surface area (Å²) in [7, 11) is 2.91. The maximum atomic E-state index is 14.0. The van der Waals surface area contributed by atoms with Gasteiger partial charge in [-0.1, -0.05) is 39.7 Å². The molecule has 2 atom stereocenters. The number of alkyl halides is 3. The molecule has 12 heteroatoms. The van der Waals surface area contributed by atoms with Crippen molar-refractivity contribution < 1.29 is 27.4 Å². The van der Waals surface area contributed by atoms with Crippen LogP contribution in [-0.2, 0) is 0 Å². The van der Waals surface area contributed by atoms with Gasteiger partial charge in [-0.2, -0.15) is 18.3 Å².